The van der Waals surface area contributed by atoms with Crippen molar-refractivity contribution in [2.45, 2.75) is 167 Å². The van der Waals surface area contributed by atoms with Crippen molar-refractivity contribution in [1.29, 1.82) is 0 Å². The minimum absolute atomic E-state index is 0.0150. The van der Waals surface area contributed by atoms with Gasteiger partial charge in [0.05, 0.1) is 39.9 Å². The summed E-state index contributed by atoms with van der Waals surface area (Å²) in [6, 6.07) is -0.788. The maximum absolute atomic E-state index is 12.6. The van der Waals surface area contributed by atoms with E-state index in [1.54, 1.807) is 0 Å². The van der Waals surface area contributed by atoms with Gasteiger partial charge in [-0.3, -0.25) is 9.36 Å². The fraction of sp³-hybridized carbons (Fsp3) is 0.970. The van der Waals surface area contributed by atoms with Crippen molar-refractivity contribution < 1.29 is 32.9 Å². The molecular weight excluding hydrogens is 551 g/mol. The molecule has 8 nitrogen and oxygen atoms in total. The fourth-order valence-corrected chi connectivity index (χ4v) is 5.70. The van der Waals surface area contributed by atoms with Crippen molar-refractivity contribution in [2.75, 3.05) is 40.9 Å². The Morgan fingerprint density at radius 3 is 1.62 bits per heavy atom. The van der Waals surface area contributed by atoms with E-state index in [9.17, 15) is 19.4 Å². The average Bonchev–Trinajstić information content (AvgIpc) is 2.92. The Labute approximate surface area is 259 Å². The zero-order valence-electron chi connectivity index (χ0n) is 28.2. The predicted octanol–water partition coefficient (Wildman–Crippen LogP) is 7.66. The molecule has 9 heteroatoms. The van der Waals surface area contributed by atoms with Crippen molar-refractivity contribution in [3.8, 4) is 0 Å². The van der Waals surface area contributed by atoms with Gasteiger partial charge in [-0.05, 0) is 12.8 Å². The van der Waals surface area contributed by atoms with Crippen molar-refractivity contribution in [2.24, 2.45) is 0 Å². The number of hydrogen-bond acceptors (Lipinski definition) is 6. The third-order valence-electron chi connectivity index (χ3n) is 7.85. The van der Waals surface area contributed by atoms with Crippen LogP contribution in [0.15, 0.2) is 0 Å². The van der Waals surface area contributed by atoms with Gasteiger partial charge in [-0.1, -0.05) is 136 Å². The summed E-state index contributed by atoms with van der Waals surface area (Å²) in [7, 11) is 1.31. The molecule has 0 saturated heterocycles. The van der Waals surface area contributed by atoms with E-state index in [2.05, 4.69) is 19.2 Å². The summed E-state index contributed by atoms with van der Waals surface area (Å²) in [6.45, 7) is 4.65. The number of rotatable bonds is 31. The number of likely N-dealkylation sites (N-methyl/N-ethyl adjacent to an activating group) is 1. The van der Waals surface area contributed by atoms with Crippen LogP contribution in [0.3, 0.4) is 0 Å². The molecule has 0 spiro atoms. The number of unbranched alkanes of at least 4 members (excludes halogenated alkanes) is 18. The van der Waals surface area contributed by atoms with E-state index >= 15 is 0 Å². The van der Waals surface area contributed by atoms with Gasteiger partial charge in [-0.25, -0.2) is 0 Å². The number of carbonyl (C=O) groups is 1. The SMILES string of the molecule is CCCCCCCCCCCCCCCC(O)C(COP(=O)([O-])OCC[N+](C)(C)C)NC(=O)CCCCCCCCC. The first-order chi connectivity index (χ1) is 20.0. The first kappa shape index (κ1) is 41.5. The molecular formula is C33H69N2O6P. The van der Waals surface area contributed by atoms with E-state index in [1.165, 1.54) is 89.9 Å². The highest BCUT2D eigenvalue weighted by molar-refractivity contribution is 7.45. The summed E-state index contributed by atoms with van der Waals surface area (Å²) < 4.78 is 23.0. The minimum atomic E-state index is -4.54. The van der Waals surface area contributed by atoms with Crippen LogP contribution in [0.1, 0.15) is 155 Å². The van der Waals surface area contributed by atoms with Crippen molar-refractivity contribution in [1.82, 2.24) is 5.32 Å². The number of amides is 1. The predicted molar refractivity (Wildman–Crippen MR) is 173 cm³/mol. The lowest BCUT2D eigenvalue weighted by Crippen LogP contribution is -2.46. The lowest BCUT2D eigenvalue weighted by molar-refractivity contribution is -0.870. The highest BCUT2D eigenvalue weighted by Crippen LogP contribution is 2.38. The van der Waals surface area contributed by atoms with Gasteiger partial charge in [-0.15, -0.1) is 0 Å². The van der Waals surface area contributed by atoms with Gasteiger partial charge in [0.15, 0.2) is 0 Å². The molecule has 1 amide bonds. The molecule has 0 aliphatic rings. The summed E-state index contributed by atoms with van der Waals surface area (Å²) in [5, 5.41) is 13.7. The first-order valence-electron chi connectivity index (χ1n) is 17.4. The zero-order chi connectivity index (χ0) is 31.5. The summed E-state index contributed by atoms with van der Waals surface area (Å²) >= 11 is 0. The molecule has 0 aromatic carbocycles. The molecule has 0 aromatic heterocycles. The van der Waals surface area contributed by atoms with Gasteiger partial charge < -0.3 is 28.8 Å². The van der Waals surface area contributed by atoms with Crippen LogP contribution in [-0.4, -0.2) is 68.5 Å². The lowest BCUT2D eigenvalue weighted by atomic mass is 10.0. The van der Waals surface area contributed by atoms with Gasteiger partial charge in [0, 0.05) is 6.42 Å². The van der Waals surface area contributed by atoms with Gasteiger partial charge in [0.25, 0.3) is 7.82 Å². The van der Waals surface area contributed by atoms with E-state index in [4.69, 9.17) is 9.05 Å². The third kappa shape index (κ3) is 28.3. The summed E-state index contributed by atoms with van der Waals surface area (Å²) in [5.74, 6) is -0.173. The van der Waals surface area contributed by atoms with Crippen LogP contribution < -0.4 is 10.2 Å². The Hall–Kier alpha value is -0.500. The molecule has 42 heavy (non-hydrogen) atoms. The van der Waals surface area contributed by atoms with Gasteiger partial charge in [-0.2, -0.15) is 0 Å². The second-order valence-electron chi connectivity index (χ2n) is 13.2. The highest BCUT2D eigenvalue weighted by atomic mass is 31.2. The molecule has 0 heterocycles. The van der Waals surface area contributed by atoms with E-state index in [0.29, 0.717) is 23.9 Å². The van der Waals surface area contributed by atoms with Crippen LogP contribution >= 0.6 is 7.82 Å². The molecule has 0 aliphatic heterocycles. The number of aliphatic hydroxyl groups excluding tert-OH is 1. The van der Waals surface area contributed by atoms with E-state index in [-0.39, 0.29) is 19.1 Å². The second-order valence-corrected chi connectivity index (χ2v) is 14.6. The van der Waals surface area contributed by atoms with E-state index in [0.717, 1.165) is 38.5 Å². The molecule has 0 saturated carbocycles. The highest BCUT2D eigenvalue weighted by Gasteiger charge is 2.24. The van der Waals surface area contributed by atoms with Gasteiger partial charge >= 0.3 is 0 Å². The Kier molecular flexibility index (Phi) is 26.5. The van der Waals surface area contributed by atoms with Crippen LogP contribution in [0.25, 0.3) is 0 Å². The molecule has 3 atom stereocenters. The Bertz CT molecular complexity index is 673. The molecule has 0 radical (unpaired) electrons. The normalized spacial score (nSPS) is 14.9. The number of phosphoric ester groups is 1. The van der Waals surface area contributed by atoms with Crippen LogP contribution in [0, 0.1) is 0 Å². The smallest absolute Gasteiger partial charge is 0.268 e. The Morgan fingerprint density at radius 1 is 0.738 bits per heavy atom. The molecule has 3 unspecified atom stereocenters. The number of hydrogen-bond donors (Lipinski definition) is 2. The molecule has 0 aliphatic carbocycles. The maximum Gasteiger partial charge on any atom is 0.268 e. The van der Waals surface area contributed by atoms with Crippen LogP contribution in [-0.2, 0) is 18.4 Å². The lowest BCUT2D eigenvalue weighted by Gasteiger charge is -2.30. The summed E-state index contributed by atoms with van der Waals surface area (Å²) in [4.78, 5) is 24.9. The van der Waals surface area contributed by atoms with E-state index < -0.39 is 20.0 Å². The summed E-state index contributed by atoms with van der Waals surface area (Å²) in [6.07, 6.45) is 24.0. The third-order valence-corrected chi connectivity index (χ3v) is 8.81. The number of nitrogens with zero attached hydrogens (tertiary/aromatic N) is 1. The Morgan fingerprint density at radius 2 is 1.17 bits per heavy atom. The first-order valence-corrected chi connectivity index (χ1v) is 18.8. The Balaban J connectivity index is 4.47. The molecule has 252 valence electrons. The zero-order valence-corrected chi connectivity index (χ0v) is 29.1. The number of aliphatic hydroxyl groups is 1. The van der Waals surface area contributed by atoms with Crippen molar-refractivity contribution in [3.63, 3.8) is 0 Å². The number of phosphoric acid groups is 1. The largest absolute Gasteiger partial charge is 0.756 e. The van der Waals surface area contributed by atoms with Gasteiger partial charge in [0.2, 0.25) is 5.91 Å². The van der Waals surface area contributed by atoms with Crippen LogP contribution in [0.4, 0.5) is 0 Å². The number of carbonyl (C=O) groups excluding carboxylic acids is 1. The summed E-state index contributed by atoms with van der Waals surface area (Å²) in [5.41, 5.74) is 0. The fourth-order valence-electron chi connectivity index (χ4n) is 4.98. The average molecular weight is 621 g/mol. The number of quaternary nitrogens is 1. The molecule has 0 aromatic rings. The number of nitrogens with one attached hydrogen (secondary N) is 1. The maximum atomic E-state index is 12.6. The van der Waals surface area contributed by atoms with E-state index in [1.807, 2.05) is 21.1 Å². The van der Waals surface area contributed by atoms with Gasteiger partial charge in [0.1, 0.15) is 13.2 Å². The van der Waals surface area contributed by atoms with Crippen LogP contribution in [0.2, 0.25) is 0 Å². The molecule has 0 fully saturated rings. The van der Waals surface area contributed by atoms with Crippen LogP contribution in [0.5, 0.6) is 0 Å². The monoisotopic (exact) mass is 620 g/mol. The quantitative estimate of drug-likeness (QED) is 0.0468. The van der Waals surface area contributed by atoms with Crippen molar-refractivity contribution >= 4 is 13.7 Å². The van der Waals surface area contributed by atoms with Crippen molar-refractivity contribution in [3.05, 3.63) is 0 Å². The molecule has 2 N–H and O–H groups in total. The second kappa shape index (κ2) is 26.9. The topological polar surface area (TPSA) is 108 Å². The minimum Gasteiger partial charge on any atom is -0.756 e. The molecule has 0 bridgehead atoms. The molecule has 0 rings (SSSR count). The standard InChI is InChI=1S/C33H69N2O6P/c1-6-8-10-12-14-15-16-17-18-19-21-22-24-26-32(36)31(30-41-42(38,39)40-29-28-35(3,4)5)34-33(37)27-25-23-20-13-11-9-7-2/h31-32,36H,6-30H2,1-5H3,(H-,34,37,38,39).